The van der Waals surface area contributed by atoms with Crippen LogP contribution in [0.3, 0.4) is 0 Å². The number of nitrogens with one attached hydrogen (secondary N) is 2. The molecule has 2 aliphatic heterocycles. The number of ether oxygens (including phenoxy) is 1. The highest BCUT2D eigenvalue weighted by Gasteiger charge is 2.17. The number of pyridine rings is 1. The standard InChI is InChI=1S/C29H33N5O2/c1-22-8-10-25(11-9-22)30-29(35)31-26-5-2-4-23(20-26)21-33-14-12-24(13-15-33)27-6-3-7-28(32-27)34-16-18-36-19-17-34/h2-12,20H,13-19,21H2,1H3,(H2,30,31,35). The maximum Gasteiger partial charge on any atom is 0.323 e. The van der Waals surface area contributed by atoms with Crippen LogP contribution in [-0.2, 0) is 11.3 Å². The van der Waals surface area contributed by atoms with E-state index in [1.807, 2.05) is 49.4 Å². The Morgan fingerprint density at radius 3 is 2.50 bits per heavy atom. The number of hydrogen-bond acceptors (Lipinski definition) is 5. The number of hydrogen-bond donors (Lipinski definition) is 2. The maximum atomic E-state index is 12.4. The van der Waals surface area contributed by atoms with Gasteiger partial charge in [-0.1, -0.05) is 42.0 Å². The smallest absolute Gasteiger partial charge is 0.323 e. The molecule has 1 fully saturated rings. The van der Waals surface area contributed by atoms with E-state index in [2.05, 4.69) is 50.8 Å². The van der Waals surface area contributed by atoms with E-state index in [9.17, 15) is 4.79 Å². The number of anilines is 3. The monoisotopic (exact) mass is 483 g/mol. The zero-order chi connectivity index (χ0) is 24.7. The predicted octanol–water partition coefficient (Wildman–Crippen LogP) is 5.16. The van der Waals surface area contributed by atoms with Crippen LogP contribution >= 0.6 is 0 Å². The van der Waals surface area contributed by atoms with Crippen molar-refractivity contribution in [2.45, 2.75) is 19.9 Å². The van der Waals surface area contributed by atoms with Crippen LogP contribution in [0.5, 0.6) is 0 Å². The first-order valence-electron chi connectivity index (χ1n) is 12.6. The zero-order valence-corrected chi connectivity index (χ0v) is 20.7. The van der Waals surface area contributed by atoms with Gasteiger partial charge in [-0.2, -0.15) is 0 Å². The molecule has 3 aromatic rings. The van der Waals surface area contributed by atoms with Crippen molar-refractivity contribution in [3.05, 3.63) is 89.6 Å². The van der Waals surface area contributed by atoms with Crippen LogP contribution in [0, 0.1) is 6.92 Å². The van der Waals surface area contributed by atoms with E-state index < -0.39 is 0 Å². The summed E-state index contributed by atoms with van der Waals surface area (Å²) in [4.78, 5) is 22.1. The second kappa shape index (κ2) is 11.4. The van der Waals surface area contributed by atoms with Crippen LogP contribution in [0.25, 0.3) is 5.57 Å². The Balaban J connectivity index is 1.16. The molecular weight excluding hydrogens is 450 g/mol. The highest BCUT2D eigenvalue weighted by molar-refractivity contribution is 5.99. The molecule has 2 amide bonds. The Hall–Kier alpha value is -3.68. The summed E-state index contributed by atoms with van der Waals surface area (Å²) in [5.41, 5.74) is 6.28. The first kappa shape index (κ1) is 24.0. The highest BCUT2D eigenvalue weighted by atomic mass is 16.5. The average Bonchev–Trinajstić information content (AvgIpc) is 2.91. The zero-order valence-electron chi connectivity index (χ0n) is 20.7. The van der Waals surface area contributed by atoms with Gasteiger partial charge in [0.15, 0.2) is 0 Å². The molecule has 3 heterocycles. The summed E-state index contributed by atoms with van der Waals surface area (Å²) < 4.78 is 5.47. The fourth-order valence-corrected chi connectivity index (χ4v) is 4.59. The van der Waals surface area contributed by atoms with Gasteiger partial charge in [-0.3, -0.25) is 4.90 Å². The number of urea groups is 1. The predicted molar refractivity (Wildman–Crippen MR) is 145 cm³/mol. The number of morpholine rings is 1. The Labute approximate surface area is 212 Å². The molecule has 2 N–H and O–H groups in total. The van der Waals surface area contributed by atoms with Gasteiger partial charge in [-0.15, -0.1) is 0 Å². The van der Waals surface area contributed by atoms with Crippen molar-refractivity contribution in [1.29, 1.82) is 0 Å². The van der Waals surface area contributed by atoms with Crippen molar-refractivity contribution in [3.8, 4) is 0 Å². The summed E-state index contributed by atoms with van der Waals surface area (Å²) in [6, 6.07) is 21.9. The Morgan fingerprint density at radius 1 is 0.944 bits per heavy atom. The minimum absolute atomic E-state index is 0.242. The topological polar surface area (TPSA) is 69.7 Å². The largest absolute Gasteiger partial charge is 0.378 e. The van der Waals surface area contributed by atoms with Crippen molar-refractivity contribution < 1.29 is 9.53 Å². The lowest BCUT2D eigenvalue weighted by molar-refractivity contribution is 0.122. The normalized spacial score (nSPS) is 16.4. The second-order valence-electron chi connectivity index (χ2n) is 9.34. The Morgan fingerprint density at radius 2 is 1.72 bits per heavy atom. The van der Waals surface area contributed by atoms with E-state index in [0.717, 1.165) is 80.8 Å². The molecule has 7 nitrogen and oxygen atoms in total. The van der Waals surface area contributed by atoms with Crippen LogP contribution in [0.15, 0.2) is 72.8 Å². The van der Waals surface area contributed by atoms with Crippen LogP contribution in [0.1, 0.15) is 23.2 Å². The third-order valence-corrected chi connectivity index (χ3v) is 6.59. The molecule has 0 spiro atoms. The molecule has 7 heteroatoms. The van der Waals surface area contributed by atoms with Crippen LogP contribution < -0.4 is 15.5 Å². The second-order valence-corrected chi connectivity index (χ2v) is 9.34. The molecule has 1 saturated heterocycles. The minimum atomic E-state index is -0.242. The van der Waals surface area contributed by atoms with E-state index in [-0.39, 0.29) is 6.03 Å². The van der Waals surface area contributed by atoms with Crippen molar-refractivity contribution in [2.24, 2.45) is 0 Å². The third-order valence-electron chi connectivity index (χ3n) is 6.59. The molecule has 2 aromatic carbocycles. The molecule has 0 saturated carbocycles. The summed E-state index contributed by atoms with van der Waals surface area (Å²) in [6.07, 6.45) is 3.27. The number of rotatable bonds is 6. The van der Waals surface area contributed by atoms with Crippen molar-refractivity contribution >= 4 is 28.8 Å². The molecule has 1 aromatic heterocycles. The number of carbonyl (C=O) groups excluding carboxylic acids is 1. The van der Waals surface area contributed by atoms with Crippen LogP contribution in [0.2, 0.25) is 0 Å². The Bertz CT molecular complexity index is 1220. The highest BCUT2D eigenvalue weighted by Crippen LogP contribution is 2.25. The van der Waals surface area contributed by atoms with Gasteiger partial charge in [0.25, 0.3) is 0 Å². The maximum absolute atomic E-state index is 12.4. The lowest BCUT2D eigenvalue weighted by atomic mass is 10.0. The number of aromatic nitrogens is 1. The summed E-state index contributed by atoms with van der Waals surface area (Å²) in [5, 5.41) is 5.82. The van der Waals surface area contributed by atoms with Gasteiger partial charge in [0.1, 0.15) is 5.82 Å². The number of carbonyl (C=O) groups is 1. The average molecular weight is 484 g/mol. The van der Waals surface area contributed by atoms with Crippen molar-refractivity contribution in [3.63, 3.8) is 0 Å². The first-order chi connectivity index (χ1) is 17.6. The molecule has 0 aliphatic carbocycles. The lowest BCUT2D eigenvalue weighted by Gasteiger charge is -2.29. The third kappa shape index (κ3) is 6.30. The van der Waals surface area contributed by atoms with E-state index in [1.165, 1.54) is 11.1 Å². The van der Waals surface area contributed by atoms with Gasteiger partial charge in [-0.05, 0) is 60.9 Å². The van der Waals surface area contributed by atoms with Gasteiger partial charge < -0.3 is 20.3 Å². The van der Waals surface area contributed by atoms with E-state index >= 15 is 0 Å². The fourth-order valence-electron chi connectivity index (χ4n) is 4.59. The molecule has 186 valence electrons. The van der Waals surface area contributed by atoms with Crippen LogP contribution in [0.4, 0.5) is 22.0 Å². The number of aryl methyl sites for hydroxylation is 1. The summed E-state index contributed by atoms with van der Waals surface area (Å²) in [5.74, 6) is 1.04. The van der Waals surface area contributed by atoms with E-state index in [0.29, 0.717) is 0 Å². The summed E-state index contributed by atoms with van der Waals surface area (Å²) in [7, 11) is 0. The van der Waals surface area contributed by atoms with E-state index in [4.69, 9.17) is 9.72 Å². The quantitative estimate of drug-likeness (QED) is 0.507. The van der Waals surface area contributed by atoms with Crippen molar-refractivity contribution in [2.75, 3.05) is 54.9 Å². The van der Waals surface area contributed by atoms with Gasteiger partial charge in [-0.25, -0.2) is 9.78 Å². The molecule has 0 bridgehead atoms. The SMILES string of the molecule is Cc1ccc(NC(=O)Nc2cccc(CN3CC=C(c4cccc(N5CCOCC5)n4)CC3)c2)cc1. The molecule has 0 radical (unpaired) electrons. The van der Waals surface area contributed by atoms with Crippen molar-refractivity contribution in [1.82, 2.24) is 9.88 Å². The molecule has 5 rings (SSSR count). The summed E-state index contributed by atoms with van der Waals surface area (Å²) >= 11 is 0. The molecule has 0 atom stereocenters. The summed E-state index contributed by atoms with van der Waals surface area (Å²) in [6.45, 7) is 8.02. The van der Waals surface area contributed by atoms with E-state index in [1.54, 1.807) is 0 Å². The Kier molecular flexibility index (Phi) is 7.59. The minimum Gasteiger partial charge on any atom is -0.378 e. The van der Waals surface area contributed by atoms with Gasteiger partial charge in [0.2, 0.25) is 0 Å². The van der Waals surface area contributed by atoms with Gasteiger partial charge in [0, 0.05) is 44.1 Å². The first-order valence-corrected chi connectivity index (χ1v) is 12.6. The van der Waals surface area contributed by atoms with Gasteiger partial charge in [0.05, 0.1) is 18.9 Å². The number of nitrogens with zero attached hydrogens (tertiary/aromatic N) is 3. The number of amides is 2. The number of benzene rings is 2. The van der Waals surface area contributed by atoms with Crippen LogP contribution in [-0.4, -0.2) is 55.3 Å². The lowest BCUT2D eigenvalue weighted by Crippen LogP contribution is -2.36. The molecule has 36 heavy (non-hydrogen) atoms. The molecular formula is C29H33N5O2. The van der Waals surface area contributed by atoms with Gasteiger partial charge >= 0.3 is 6.03 Å². The molecule has 0 unspecified atom stereocenters. The fraction of sp³-hybridized carbons (Fsp3) is 0.310. The molecule has 2 aliphatic rings.